The van der Waals surface area contributed by atoms with Gasteiger partial charge < -0.3 is 4.98 Å². The molecule has 1 saturated heterocycles. The summed E-state index contributed by atoms with van der Waals surface area (Å²) < 4.78 is 18.5. The topological polar surface area (TPSA) is 49.7 Å². The Labute approximate surface area is 149 Å². The number of H-pyrrole nitrogens is 1. The van der Waals surface area contributed by atoms with Crippen LogP contribution in [0.4, 0.5) is 4.39 Å². The first-order chi connectivity index (χ1) is 12.0. The first-order valence-electron chi connectivity index (χ1n) is 8.64. The van der Waals surface area contributed by atoms with Crippen molar-refractivity contribution in [3.8, 4) is 11.4 Å². The molecule has 0 atom stereocenters. The van der Waals surface area contributed by atoms with Crippen molar-refractivity contribution in [3.63, 3.8) is 0 Å². The van der Waals surface area contributed by atoms with E-state index in [2.05, 4.69) is 19.4 Å². The summed E-state index contributed by atoms with van der Waals surface area (Å²) in [6, 6.07) is 3.60. The monoisotopic (exact) mass is 357 g/mol. The molecule has 1 aliphatic heterocycles. The molecule has 5 nitrogen and oxygen atoms in total. The van der Waals surface area contributed by atoms with Gasteiger partial charge in [0.15, 0.2) is 5.82 Å². The summed E-state index contributed by atoms with van der Waals surface area (Å²) in [7, 11) is 1.84. The highest BCUT2D eigenvalue weighted by molar-refractivity contribution is 7.97. The lowest BCUT2D eigenvalue weighted by atomic mass is 9.65. The van der Waals surface area contributed by atoms with Gasteiger partial charge in [-0.05, 0) is 54.8 Å². The molecule has 1 saturated carbocycles. The minimum atomic E-state index is -0.224. The molecule has 0 amide bonds. The van der Waals surface area contributed by atoms with E-state index in [9.17, 15) is 4.39 Å². The molecule has 0 bridgehead atoms. The second kappa shape index (κ2) is 5.32. The molecule has 5 rings (SSSR count). The molecule has 3 heterocycles. The lowest BCUT2D eigenvalue weighted by molar-refractivity contribution is -0.00160. The normalized spacial score (nSPS) is 19.3. The summed E-state index contributed by atoms with van der Waals surface area (Å²) in [5.41, 5.74) is 2.88. The Kier molecular flexibility index (Phi) is 3.27. The molecule has 2 fully saturated rings. The van der Waals surface area contributed by atoms with Crippen molar-refractivity contribution in [2.24, 2.45) is 12.5 Å². The SMILES string of the molecule is Cc1cc(F)c2[nH]c(SN3CC4(CCC4)C3)cc2c1-c1ncn(C)n1. The summed E-state index contributed by atoms with van der Waals surface area (Å²) >= 11 is 1.70. The van der Waals surface area contributed by atoms with E-state index in [1.54, 1.807) is 29.0 Å². The summed E-state index contributed by atoms with van der Waals surface area (Å²) in [4.78, 5) is 7.61. The number of halogens is 1. The van der Waals surface area contributed by atoms with Crippen LogP contribution in [-0.4, -0.2) is 37.1 Å². The number of nitrogens with one attached hydrogen (secondary N) is 1. The largest absolute Gasteiger partial charge is 0.346 e. The Hall–Kier alpha value is -1.86. The second-order valence-electron chi connectivity index (χ2n) is 7.46. The van der Waals surface area contributed by atoms with E-state index in [1.165, 1.54) is 19.3 Å². The molecule has 130 valence electrons. The molecule has 3 aromatic rings. The minimum absolute atomic E-state index is 0.224. The van der Waals surface area contributed by atoms with Gasteiger partial charge >= 0.3 is 0 Å². The van der Waals surface area contributed by atoms with Gasteiger partial charge in [0.25, 0.3) is 0 Å². The molecular weight excluding hydrogens is 337 g/mol. The van der Waals surface area contributed by atoms with Crippen LogP contribution in [0.3, 0.4) is 0 Å². The highest BCUT2D eigenvalue weighted by Gasteiger charge is 2.47. The Morgan fingerprint density at radius 3 is 2.72 bits per heavy atom. The van der Waals surface area contributed by atoms with Gasteiger partial charge in [0.1, 0.15) is 12.1 Å². The Morgan fingerprint density at radius 1 is 1.28 bits per heavy atom. The maximum atomic E-state index is 14.5. The van der Waals surface area contributed by atoms with E-state index < -0.39 is 0 Å². The average molecular weight is 357 g/mol. The van der Waals surface area contributed by atoms with Gasteiger partial charge in [-0.3, -0.25) is 4.68 Å². The quantitative estimate of drug-likeness (QED) is 0.722. The van der Waals surface area contributed by atoms with Gasteiger partial charge in [-0.15, -0.1) is 0 Å². The van der Waals surface area contributed by atoms with Crippen molar-refractivity contribution in [3.05, 3.63) is 29.8 Å². The molecule has 0 radical (unpaired) electrons. The van der Waals surface area contributed by atoms with Crippen LogP contribution < -0.4 is 0 Å². The number of fused-ring (bicyclic) bond motifs is 1. The molecule has 1 N–H and O–H groups in total. The lowest BCUT2D eigenvalue weighted by Gasteiger charge is -2.55. The number of aromatic nitrogens is 4. The zero-order valence-corrected chi connectivity index (χ0v) is 15.2. The molecule has 7 heteroatoms. The number of rotatable bonds is 3. The first-order valence-corrected chi connectivity index (χ1v) is 9.41. The molecule has 25 heavy (non-hydrogen) atoms. The van der Waals surface area contributed by atoms with E-state index in [4.69, 9.17) is 0 Å². The third kappa shape index (κ3) is 2.40. The van der Waals surface area contributed by atoms with Gasteiger partial charge in [0, 0.05) is 31.1 Å². The number of nitrogens with zero attached hydrogens (tertiary/aromatic N) is 4. The van der Waals surface area contributed by atoms with Gasteiger partial charge in [0.2, 0.25) is 0 Å². The van der Waals surface area contributed by atoms with E-state index in [0.29, 0.717) is 16.8 Å². The van der Waals surface area contributed by atoms with Crippen molar-refractivity contribution < 1.29 is 4.39 Å². The fraction of sp³-hybridized carbons (Fsp3) is 0.444. The van der Waals surface area contributed by atoms with Gasteiger partial charge in [-0.1, -0.05) is 6.42 Å². The third-order valence-electron chi connectivity index (χ3n) is 5.53. The van der Waals surface area contributed by atoms with Crippen LogP contribution >= 0.6 is 11.9 Å². The van der Waals surface area contributed by atoms with Crippen molar-refractivity contribution in [2.45, 2.75) is 31.2 Å². The Bertz CT molecular complexity index is 963. The molecule has 1 aliphatic carbocycles. The molecule has 2 aromatic heterocycles. The smallest absolute Gasteiger partial charge is 0.182 e. The van der Waals surface area contributed by atoms with Crippen LogP contribution in [-0.2, 0) is 7.05 Å². The predicted molar refractivity (Wildman–Crippen MR) is 96.7 cm³/mol. The zero-order chi connectivity index (χ0) is 17.2. The van der Waals surface area contributed by atoms with Crippen LogP contribution in [0.25, 0.3) is 22.3 Å². The van der Waals surface area contributed by atoms with E-state index in [1.807, 2.05) is 20.0 Å². The summed E-state index contributed by atoms with van der Waals surface area (Å²) in [5, 5.41) is 6.24. The molecule has 1 spiro atoms. The first kappa shape index (κ1) is 15.4. The molecule has 0 unspecified atom stereocenters. The highest BCUT2D eigenvalue weighted by Crippen LogP contribution is 2.51. The van der Waals surface area contributed by atoms with E-state index >= 15 is 0 Å². The lowest BCUT2D eigenvalue weighted by Crippen LogP contribution is -2.56. The molecule has 2 aliphatic rings. The summed E-state index contributed by atoms with van der Waals surface area (Å²) in [5.74, 6) is 0.413. The highest BCUT2D eigenvalue weighted by atomic mass is 32.2. The van der Waals surface area contributed by atoms with Crippen molar-refractivity contribution in [2.75, 3.05) is 13.1 Å². The van der Waals surface area contributed by atoms with Crippen LogP contribution in [0.5, 0.6) is 0 Å². The number of hydrogen-bond donors (Lipinski definition) is 1. The third-order valence-corrected chi connectivity index (χ3v) is 6.46. The van der Waals surface area contributed by atoms with Gasteiger partial charge in [0.05, 0.1) is 10.5 Å². The average Bonchev–Trinajstić information content (AvgIpc) is 3.07. The van der Waals surface area contributed by atoms with E-state index in [-0.39, 0.29) is 5.82 Å². The number of aryl methyl sites for hydroxylation is 2. The Morgan fingerprint density at radius 2 is 2.08 bits per heavy atom. The summed E-state index contributed by atoms with van der Waals surface area (Å²) in [6.45, 7) is 4.19. The standard InChI is InChI=1S/C18H20FN5S/c1-11-6-13(19)16-12(15(11)17-20-10-23(2)22-17)7-14(21-16)25-24-8-18(9-24)4-3-5-18/h6-7,10,21H,3-5,8-9H2,1-2H3. The number of aromatic amines is 1. The van der Waals surface area contributed by atoms with Crippen molar-refractivity contribution >= 4 is 22.9 Å². The van der Waals surface area contributed by atoms with Crippen molar-refractivity contribution in [1.82, 2.24) is 24.1 Å². The van der Waals surface area contributed by atoms with Crippen LogP contribution in [0.2, 0.25) is 0 Å². The van der Waals surface area contributed by atoms with Crippen LogP contribution in [0.1, 0.15) is 24.8 Å². The van der Waals surface area contributed by atoms with Gasteiger partial charge in [-0.25, -0.2) is 13.7 Å². The van der Waals surface area contributed by atoms with Crippen LogP contribution in [0.15, 0.2) is 23.5 Å². The Balaban J connectivity index is 1.51. The fourth-order valence-corrected chi connectivity index (χ4v) is 5.33. The van der Waals surface area contributed by atoms with Gasteiger partial charge in [-0.2, -0.15) is 5.10 Å². The molecular formula is C18H20FN5S. The fourth-order valence-electron chi connectivity index (χ4n) is 4.06. The zero-order valence-electron chi connectivity index (χ0n) is 14.3. The maximum absolute atomic E-state index is 14.5. The maximum Gasteiger partial charge on any atom is 0.182 e. The van der Waals surface area contributed by atoms with Crippen LogP contribution in [0, 0.1) is 18.2 Å². The number of benzene rings is 1. The van der Waals surface area contributed by atoms with E-state index in [0.717, 1.165) is 34.6 Å². The molecule has 1 aromatic carbocycles. The minimum Gasteiger partial charge on any atom is -0.346 e. The summed E-state index contributed by atoms with van der Waals surface area (Å²) in [6.07, 6.45) is 5.76. The predicted octanol–water partition coefficient (Wildman–Crippen LogP) is 3.90. The number of hydrogen-bond acceptors (Lipinski definition) is 4. The van der Waals surface area contributed by atoms with Crippen molar-refractivity contribution in [1.29, 1.82) is 0 Å². The second-order valence-corrected chi connectivity index (χ2v) is 8.60.